The molecule has 0 saturated heterocycles. The Hall–Kier alpha value is -0.580. The second-order valence-corrected chi connectivity index (χ2v) is 4.90. The van der Waals surface area contributed by atoms with Gasteiger partial charge in [0.2, 0.25) is 0 Å². The lowest BCUT2D eigenvalue weighted by Gasteiger charge is -2.32. The first kappa shape index (κ1) is 14.5. The van der Waals surface area contributed by atoms with Crippen LogP contribution in [0.15, 0.2) is 6.20 Å². The Morgan fingerprint density at radius 3 is 2.71 bits per heavy atom. The van der Waals surface area contributed by atoms with Gasteiger partial charge in [0.15, 0.2) is 0 Å². The number of hydrogen-bond donors (Lipinski definition) is 1. The molecule has 0 aliphatic rings. The monoisotopic (exact) mass is 260 g/mol. The van der Waals surface area contributed by atoms with Gasteiger partial charge in [0.25, 0.3) is 0 Å². The second-order valence-electron chi connectivity index (χ2n) is 4.49. The third-order valence-electron chi connectivity index (χ3n) is 3.21. The van der Waals surface area contributed by atoms with E-state index < -0.39 is 5.60 Å². The first-order valence-corrected chi connectivity index (χ1v) is 6.28. The Morgan fingerprint density at radius 1 is 1.59 bits per heavy atom. The van der Waals surface area contributed by atoms with Crippen LogP contribution in [-0.4, -0.2) is 28.6 Å². The van der Waals surface area contributed by atoms with Crippen LogP contribution < -0.4 is 0 Å². The SMILES string of the molecule is CCC(O)(c1c(Cl)cnn1CCOC)C(C)C. The molecule has 0 aliphatic heterocycles. The van der Waals surface area contributed by atoms with Gasteiger partial charge in [-0.25, -0.2) is 0 Å². The zero-order valence-electron chi connectivity index (χ0n) is 10.9. The summed E-state index contributed by atoms with van der Waals surface area (Å²) in [4.78, 5) is 0. The number of hydrogen-bond acceptors (Lipinski definition) is 3. The van der Waals surface area contributed by atoms with Crippen molar-refractivity contribution in [3.8, 4) is 0 Å². The first-order valence-electron chi connectivity index (χ1n) is 5.90. The summed E-state index contributed by atoms with van der Waals surface area (Å²) < 4.78 is 6.76. The molecule has 0 aromatic carbocycles. The van der Waals surface area contributed by atoms with E-state index in [1.54, 1.807) is 18.0 Å². The van der Waals surface area contributed by atoms with Gasteiger partial charge in [0.1, 0.15) is 5.60 Å². The van der Waals surface area contributed by atoms with Crippen LogP contribution in [0.5, 0.6) is 0 Å². The van der Waals surface area contributed by atoms with Crippen molar-refractivity contribution in [3.05, 3.63) is 16.9 Å². The Morgan fingerprint density at radius 2 is 2.24 bits per heavy atom. The summed E-state index contributed by atoms with van der Waals surface area (Å²) in [6, 6.07) is 0. The maximum atomic E-state index is 10.7. The molecule has 0 saturated carbocycles. The maximum Gasteiger partial charge on any atom is 0.110 e. The lowest BCUT2D eigenvalue weighted by Crippen LogP contribution is -2.34. The molecule has 17 heavy (non-hydrogen) atoms. The van der Waals surface area contributed by atoms with E-state index in [4.69, 9.17) is 16.3 Å². The number of aliphatic hydroxyl groups is 1. The molecule has 1 rings (SSSR count). The van der Waals surface area contributed by atoms with Crippen LogP contribution >= 0.6 is 11.6 Å². The van der Waals surface area contributed by atoms with Crippen molar-refractivity contribution in [2.24, 2.45) is 5.92 Å². The lowest BCUT2D eigenvalue weighted by molar-refractivity contribution is -0.0228. The van der Waals surface area contributed by atoms with Crippen molar-refractivity contribution in [1.29, 1.82) is 0 Å². The molecule has 0 bridgehead atoms. The number of rotatable bonds is 6. The average Bonchev–Trinajstić information content (AvgIpc) is 2.67. The highest BCUT2D eigenvalue weighted by molar-refractivity contribution is 6.31. The molecule has 1 atom stereocenters. The highest BCUT2D eigenvalue weighted by Crippen LogP contribution is 2.36. The third-order valence-corrected chi connectivity index (χ3v) is 3.48. The molecule has 5 heteroatoms. The predicted octanol–water partition coefficient (Wildman–Crippen LogP) is 2.44. The van der Waals surface area contributed by atoms with Crippen LogP contribution in [0.3, 0.4) is 0 Å². The minimum Gasteiger partial charge on any atom is -0.383 e. The molecule has 0 aliphatic carbocycles. The molecule has 0 fully saturated rings. The van der Waals surface area contributed by atoms with Gasteiger partial charge < -0.3 is 9.84 Å². The van der Waals surface area contributed by atoms with Crippen LogP contribution in [0.1, 0.15) is 32.9 Å². The standard InChI is InChI=1S/C12H21ClN2O2/c1-5-12(16,9(2)3)11-10(13)8-14-15(11)6-7-17-4/h8-9,16H,5-7H2,1-4H3. The fourth-order valence-electron chi connectivity index (χ4n) is 1.99. The van der Waals surface area contributed by atoms with Crippen molar-refractivity contribution in [2.75, 3.05) is 13.7 Å². The minimum atomic E-state index is -0.943. The smallest absolute Gasteiger partial charge is 0.110 e. The van der Waals surface area contributed by atoms with Crippen molar-refractivity contribution in [1.82, 2.24) is 9.78 Å². The van der Waals surface area contributed by atoms with E-state index >= 15 is 0 Å². The fourth-order valence-corrected chi connectivity index (χ4v) is 2.29. The molecule has 0 spiro atoms. The highest BCUT2D eigenvalue weighted by atomic mass is 35.5. The molecular weight excluding hydrogens is 240 g/mol. The van der Waals surface area contributed by atoms with E-state index in [2.05, 4.69) is 5.10 Å². The van der Waals surface area contributed by atoms with Crippen molar-refractivity contribution < 1.29 is 9.84 Å². The third kappa shape index (κ3) is 2.81. The molecule has 4 nitrogen and oxygen atoms in total. The number of ether oxygens (including phenoxy) is 1. The second kappa shape index (κ2) is 5.85. The van der Waals surface area contributed by atoms with Gasteiger partial charge in [-0.3, -0.25) is 4.68 Å². The molecule has 1 heterocycles. The minimum absolute atomic E-state index is 0.0722. The predicted molar refractivity (Wildman–Crippen MR) is 68.1 cm³/mol. The largest absolute Gasteiger partial charge is 0.383 e. The Bertz CT molecular complexity index is 365. The van der Waals surface area contributed by atoms with Crippen LogP contribution in [0.2, 0.25) is 5.02 Å². The summed E-state index contributed by atoms with van der Waals surface area (Å²) in [6.45, 7) is 7.04. The van der Waals surface area contributed by atoms with Crippen molar-refractivity contribution in [2.45, 2.75) is 39.3 Å². The number of aromatic nitrogens is 2. The van der Waals surface area contributed by atoms with E-state index in [0.717, 1.165) is 0 Å². The molecule has 0 amide bonds. The topological polar surface area (TPSA) is 47.3 Å². The van der Waals surface area contributed by atoms with Gasteiger partial charge in [-0.1, -0.05) is 32.4 Å². The summed E-state index contributed by atoms with van der Waals surface area (Å²) in [6.07, 6.45) is 2.18. The number of methoxy groups -OCH3 is 1. The molecule has 0 radical (unpaired) electrons. The summed E-state index contributed by atoms with van der Waals surface area (Å²) in [5.41, 5.74) is -0.255. The first-order chi connectivity index (χ1) is 7.97. The van der Waals surface area contributed by atoms with Crippen molar-refractivity contribution >= 4 is 11.6 Å². The summed E-state index contributed by atoms with van der Waals surface area (Å²) in [5.74, 6) is 0.0722. The number of halogens is 1. The highest BCUT2D eigenvalue weighted by Gasteiger charge is 2.36. The maximum absolute atomic E-state index is 10.7. The zero-order chi connectivity index (χ0) is 13.1. The van der Waals surface area contributed by atoms with Gasteiger partial charge in [-0.05, 0) is 12.3 Å². The van der Waals surface area contributed by atoms with Gasteiger partial charge in [0, 0.05) is 7.11 Å². The van der Waals surface area contributed by atoms with E-state index in [0.29, 0.717) is 30.3 Å². The normalized spacial score (nSPS) is 15.2. The van der Waals surface area contributed by atoms with Gasteiger partial charge in [-0.15, -0.1) is 0 Å². The molecule has 1 aromatic heterocycles. The van der Waals surface area contributed by atoms with Crippen molar-refractivity contribution in [3.63, 3.8) is 0 Å². The quantitative estimate of drug-likeness (QED) is 0.855. The molecule has 1 unspecified atom stereocenters. The molecule has 1 aromatic rings. The molecule has 1 N–H and O–H groups in total. The van der Waals surface area contributed by atoms with Crippen LogP contribution in [0, 0.1) is 5.92 Å². The lowest BCUT2D eigenvalue weighted by atomic mass is 9.84. The Kier molecular flexibility index (Phi) is 4.98. The zero-order valence-corrected chi connectivity index (χ0v) is 11.7. The van der Waals surface area contributed by atoms with Crippen LogP contribution in [-0.2, 0) is 16.9 Å². The van der Waals surface area contributed by atoms with Crippen LogP contribution in [0.25, 0.3) is 0 Å². The summed E-state index contributed by atoms with van der Waals surface area (Å²) in [5, 5.41) is 15.4. The van der Waals surface area contributed by atoms with E-state index in [-0.39, 0.29) is 5.92 Å². The van der Waals surface area contributed by atoms with E-state index in [1.165, 1.54) is 0 Å². The molecule has 98 valence electrons. The molecular formula is C12H21ClN2O2. The van der Waals surface area contributed by atoms with Gasteiger partial charge in [0.05, 0.1) is 30.1 Å². The van der Waals surface area contributed by atoms with Gasteiger partial charge >= 0.3 is 0 Å². The summed E-state index contributed by atoms with van der Waals surface area (Å²) in [7, 11) is 1.64. The summed E-state index contributed by atoms with van der Waals surface area (Å²) >= 11 is 6.15. The van der Waals surface area contributed by atoms with Crippen LogP contribution in [0.4, 0.5) is 0 Å². The van der Waals surface area contributed by atoms with Gasteiger partial charge in [-0.2, -0.15) is 5.10 Å². The van der Waals surface area contributed by atoms with E-state index in [1.807, 2.05) is 20.8 Å². The number of nitrogens with zero attached hydrogens (tertiary/aromatic N) is 2. The average molecular weight is 261 g/mol. The fraction of sp³-hybridized carbons (Fsp3) is 0.750. The Labute approximate surface area is 108 Å². The van der Waals surface area contributed by atoms with E-state index in [9.17, 15) is 5.11 Å². The Balaban J connectivity index is 3.13.